The van der Waals surface area contributed by atoms with Gasteiger partial charge in [-0.3, -0.25) is 4.79 Å². The zero-order chi connectivity index (χ0) is 27.2. The molecule has 1 saturated heterocycles. The van der Waals surface area contributed by atoms with Crippen molar-refractivity contribution in [2.45, 2.75) is 45.8 Å². The summed E-state index contributed by atoms with van der Waals surface area (Å²) in [6.45, 7) is 9.19. The van der Waals surface area contributed by atoms with Gasteiger partial charge in [-0.15, -0.1) is 11.3 Å². The number of aromatic nitrogens is 2. The van der Waals surface area contributed by atoms with Crippen LogP contribution in [0.4, 0.5) is 20.7 Å². The SMILES string of the molecule is Cc1ccc2c(N)c(C(=O)N[C@H]3COc4nc(N5CCN(C(=O)OC(C)(C)C)CC5)c(F)cc4C3)sc2n1. The maximum Gasteiger partial charge on any atom is 0.410 e. The Balaban J connectivity index is 1.23. The largest absolute Gasteiger partial charge is 0.475 e. The average molecular weight is 543 g/mol. The van der Waals surface area contributed by atoms with Gasteiger partial charge in [0, 0.05) is 49.2 Å². The van der Waals surface area contributed by atoms with E-state index in [0.717, 1.165) is 11.1 Å². The number of aryl methyl sites for hydroxylation is 1. The Morgan fingerprint density at radius 1 is 1.21 bits per heavy atom. The third-order valence-corrected chi connectivity index (χ3v) is 7.50. The van der Waals surface area contributed by atoms with E-state index in [-0.39, 0.29) is 30.5 Å². The Bertz CT molecular complexity index is 1400. The first-order valence-corrected chi connectivity index (χ1v) is 13.3. The molecule has 0 radical (unpaired) electrons. The van der Waals surface area contributed by atoms with E-state index in [4.69, 9.17) is 15.2 Å². The average Bonchev–Trinajstić information content (AvgIpc) is 3.18. The van der Waals surface area contributed by atoms with Crippen molar-refractivity contribution >= 4 is 45.1 Å². The van der Waals surface area contributed by atoms with Gasteiger partial charge < -0.3 is 30.3 Å². The third-order valence-electron chi connectivity index (χ3n) is 6.39. The minimum Gasteiger partial charge on any atom is -0.475 e. The fraction of sp³-hybridized carbons (Fsp3) is 0.462. The number of piperazine rings is 1. The van der Waals surface area contributed by atoms with Crippen molar-refractivity contribution in [2.24, 2.45) is 0 Å². The number of nitrogens with two attached hydrogens (primary N) is 1. The summed E-state index contributed by atoms with van der Waals surface area (Å²) in [5.74, 6) is -0.244. The number of thiophene rings is 1. The van der Waals surface area contributed by atoms with E-state index in [1.807, 2.05) is 39.8 Å². The van der Waals surface area contributed by atoms with Crippen LogP contribution in [0.5, 0.6) is 5.88 Å². The first kappa shape index (κ1) is 26.0. The number of halogens is 1. The molecule has 0 aliphatic carbocycles. The lowest BCUT2D eigenvalue weighted by atomic mass is 10.0. The molecule has 5 rings (SSSR count). The molecule has 2 amide bonds. The number of carbonyl (C=O) groups excluding carboxylic acids is 2. The van der Waals surface area contributed by atoms with Crippen LogP contribution in [0, 0.1) is 12.7 Å². The highest BCUT2D eigenvalue weighted by Gasteiger charge is 2.30. The number of anilines is 2. The molecule has 10 nitrogen and oxygen atoms in total. The third kappa shape index (κ3) is 5.31. The van der Waals surface area contributed by atoms with Crippen molar-refractivity contribution in [1.82, 2.24) is 20.2 Å². The van der Waals surface area contributed by atoms with E-state index < -0.39 is 11.4 Å². The van der Waals surface area contributed by atoms with Crippen molar-refractivity contribution in [2.75, 3.05) is 43.4 Å². The van der Waals surface area contributed by atoms with E-state index in [2.05, 4.69) is 15.3 Å². The number of nitrogen functional groups attached to an aromatic ring is 1. The Morgan fingerprint density at radius 2 is 1.95 bits per heavy atom. The number of rotatable bonds is 3. The van der Waals surface area contributed by atoms with Crippen LogP contribution < -0.4 is 20.7 Å². The van der Waals surface area contributed by atoms with Gasteiger partial charge in [0.25, 0.3) is 5.91 Å². The Hall–Kier alpha value is -3.67. The van der Waals surface area contributed by atoms with Gasteiger partial charge >= 0.3 is 6.09 Å². The van der Waals surface area contributed by atoms with E-state index in [1.165, 1.54) is 17.4 Å². The highest BCUT2D eigenvalue weighted by molar-refractivity contribution is 7.21. The summed E-state index contributed by atoms with van der Waals surface area (Å²) < 4.78 is 26.4. The number of ether oxygens (including phenoxy) is 2. The van der Waals surface area contributed by atoms with Crippen molar-refractivity contribution in [3.05, 3.63) is 40.2 Å². The first-order valence-electron chi connectivity index (χ1n) is 12.5. The fourth-order valence-electron chi connectivity index (χ4n) is 4.53. The van der Waals surface area contributed by atoms with Crippen molar-refractivity contribution < 1.29 is 23.5 Å². The monoisotopic (exact) mass is 542 g/mol. The van der Waals surface area contributed by atoms with Crippen molar-refractivity contribution in [1.29, 1.82) is 0 Å². The van der Waals surface area contributed by atoms with Crippen LogP contribution in [0.3, 0.4) is 0 Å². The molecule has 0 unspecified atom stereocenters. The lowest BCUT2D eigenvalue weighted by molar-refractivity contribution is 0.0240. The Kier molecular flexibility index (Phi) is 6.76. The predicted octanol–water partition coefficient (Wildman–Crippen LogP) is 3.51. The summed E-state index contributed by atoms with van der Waals surface area (Å²) in [5, 5.41) is 3.70. The fourth-order valence-corrected chi connectivity index (χ4v) is 5.57. The molecule has 1 fully saturated rings. The summed E-state index contributed by atoms with van der Waals surface area (Å²) in [6.07, 6.45) is -0.00364. The molecule has 2 aliphatic heterocycles. The predicted molar refractivity (Wildman–Crippen MR) is 143 cm³/mol. The summed E-state index contributed by atoms with van der Waals surface area (Å²) in [6, 6.07) is 4.77. The molecule has 0 spiro atoms. The molecule has 2 aliphatic rings. The second kappa shape index (κ2) is 9.90. The summed E-state index contributed by atoms with van der Waals surface area (Å²) in [7, 11) is 0. The summed E-state index contributed by atoms with van der Waals surface area (Å²) in [5.41, 5.74) is 7.47. The van der Waals surface area contributed by atoms with Crippen molar-refractivity contribution in [3.63, 3.8) is 0 Å². The Morgan fingerprint density at radius 3 is 2.66 bits per heavy atom. The van der Waals surface area contributed by atoms with Gasteiger partial charge in [-0.2, -0.15) is 4.98 Å². The number of nitrogens with one attached hydrogen (secondary N) is 1. The molecule has 1 atom stereocenters. The van der Waals surface area contributed by atoms with Crippen LogP contribution in [0.15, 0.2) is 18.2 Å². The highest BCUT2D eigenvalue weighted by atomic mass is 32.1. The molecule has 5 heterocycles. The maximum absolute atomic E-state index is 15.1. The quantitative estimate of drug-likeness (QED) is 0.516. The second-order valence-corrected chi connectivity index (χ2v) is 11.5. The van der Waals surface area contributed by atoms with Gasteiger partial charge in [0.1, 0.15) is 21.9 Å². The van der Waals surface area contributed by atoms with Crippen LogP contribution >= 0.6 is 11.3 Å². The minimum absolute atomic E-state index is 0.191. The van der Waals surface area contributed by atoms with E-state index in [9.17, 15) is 9.59 Å². The van der Waals surface area contributed by atoms with Gasteiger partial charge in [0.05, 0.1) is 11.7 Å². The topological polar surface area (TPSA) is 123 Å². The second-order valence-electron chi connectivity index (χ2n) is 10.5. The molecule has 3 aromatic heterocycles. The Labute approximate surface area is 223 Å². The number of nitrogens with zero attached hydrogens (tertiary/aromatic N) is 4. The molecule has 202 valence electrons. The summed E-state index contributed by atoms with van der Waals surface area (Å²) in [4.78, 5) is 38.7. The van der Waals surface area contributed by atoms with Crippen molar-refractivity contribution in [3.8, 4) is 5.88 Å². The van der Waals surface area contributed by atoms with Crippen LogP contribution in [0.2, 0.25) is 0 Å². The van der Waals surface area contributed by atoms with Crippen LogP contribution in [-0.2, 0) is 11.2 Å². The number of amides is 2. The standard InChI is InChI=1S/C26H31FN6O4S/c1-14-5-6-17-19(28)20(38-24(17)29-14)22(34)30-16-11-15-12-18(27)21(31-23(15)36-13-16)32-7-9-33(10-8-32)25(35)37-26(2,3)4/h5-6,12,16H,7-11,13,28H2,1-4H3,(H,30,34)/t16-/m1/s1. The number of carbonyl (C=O) groups is 2. The highest BCUT2D eigenvalue weighted by Crippen LogP contribution is 2.33. The molecule has 38 heavy (non-hydrogen) atoms. The molecule has 0 saturated carbocycles. The molecular weight excluding hydrogens is 511 g/mol. The number of fused-ring (bicyclic) bond motifs is 2. The first-order chi connectivity index (χ1) is 18.0. The van der Waals surface area contributed by atoms with E-state index >= 15 is 4.39 Å². The van der Waals surface area contributed by atoms with Gasteiger partial charge in [-0.1, -0.05) is 0 Å². The lowest BCUT2D eigenvalue weighted by Crippen LogP contribution is -2.50. The molecular formula is C26H31FN6O4S. The van der Waals surface area contributed by atoms with Gasteiger partial charge in [0.2, 0.25) is 5.88 Å². The van der Waals surface area contributed by atoms with Gasteiger partial charge in [-0.25, -0.2) is 14.2 Å². The molecule has 0 bridgehead atoms. The molecule has 3 aromatic rings. The lowest BCUT2D eigenvalue weighted by Gasteiger charge is -2.36. The minimum atomic E-state index is -0.574. The van der Waals surface area contributed by atoms with E-state index in [0.29, 0.717) is 59.4 Å². The number of pyridine rings is 2. The number of hydrogen-bond acceptors (Lipinski definition) is 9. The maximum atomic E-state index is 15.1. The number of hydrogen-bond donors (Lipinski definition) is 2. The van der Waals surface area contributed by atoms with Crippen LogP contribution in [0.25, 0.3) is 10.2 Å². The van der Waals surface area contributed by atoms with Crippen LogP contribution in [-0.4, -0.2) is 71.3 Å². The molecule has 12 heteroatoms. The van der Waals surface area contributed by atoms with Gasteiger partial charge in [-0.05, 0) is 45.9 Å². The molecule has 3 N–H and O–H groups in total. The molecule has 0 aromatic carbocycles. The van der Waals surface area contributed by atoms with Gasteiger partial charge in [0.15, 0.2) is 11.6 Å². The van der Waals surface area contributed by atoms with Crippen LogP contribution in [0.1, 0.15) is 41.7 Å². The zero-order valence-corrected chi connectivity index (χ0v) is 22.7. The normalized spacial score (nSPS) is 17.7. The smallest absolute Gasteiger partial charge is 0.410 e. The zero-order valence-electron chi connectivity index (χ0n) is 21.8. The summed E-state index contributed by atoms with van der Waals surface area (Å²) >= 11 is 1.25. The van der Waals surface area contributed by atoms with E-state index in [1.54, 1.807) is 9.80 Å².